The van der Waals surface area contributed by atoms with E-state index in [9.17, 15) is 14.0 Å². The Morgan fingerprint density at radius 3 is 2.85 bits per heavy atom. The largest absolute Gasteiger partial charge is 0.482 e. The molecule has 2 aromatic rings. The molecular formula is C20H18F2N2O3. The third kappa shape index (κ3) is 3.25. The minimum atomic E-state index is -1.78. The van der Waals surface area contributed by atoms with Gasteiger partial charge in [0.15, 0.2) is 12.3 Å². The highest BCUT2D eigenvalue weighted by atomic mass is 19.1. The molecule has 1 fully saturated rings. The predicted molar refractivity (Wildman–Crippen MR) is 95.0 cm³/mol. The molecule has 1 atom stereocenters. The maximum atomic E-state index is 15.4. The molecule has 2 aromatic carbocycles. The number of carbonyl (C=O) groups is 2. The first-order valence-corrected chi connectivity index (χ1v) is 8.67. The van der Waals surface area contributed by atoms with Crippen molar-refractivity contribution in [3.05, 3.63) is 58.9 Å². The Kier molecular flexibility index (Phi) is 4.09. The highest BCUT2D eigenvalue weighted by Crippen LogP contribution is 2.38. The molecule has 0 aliphatic carbocycles. The van der Waals surface area contributed by atoms with Crippen LogP contribution in [0.2, 0.25) is 0 Å². The number of fused-ring (bicyclic) bond motifs is 1. The second-order valence-corrected chi connectivity index (χ2v) is 7.01. The van der Waals surface area contributed by atoms with Crippen LogP contribution in [0.1, 0.15) is 27.9 Å². The van der Waals surface area contributed by atoms with Crippen molar-refractivity contribution in [1.29, 1.82) is 0 Å². The number of hydrogen-bond acceptors (Lipinski definition) is 3. The SMILES string of the molecule is Cc1cc(F)cc(C2(F)CCN(C(=O)c3ccc4c(c3)OCC(=O)N4)C2)c1. The maximum absolute atomic E-state index is 15.4. The van der Waals surface area contributed by atoms with Crippen LogP contribution in [-0.2, 0) is 10.5 Å². The van der Waals surface area contributed by atoms with E-state index in [1.54, 1.807) is 31.2 Å². The molecule has 2 amide bonds. The average molecular weight is 372 g/mol. The minimum absolute atomic E-state index is 0.110. The van der Waals surface area contributed by atoms with Gasteiger partial charge in [-0.15, -0.1) is 0 Å². The van der Waals surface area contributed by atoms with Gasteiger partial charge in [0.05, 0.1) is 12.2 Å². The molecule has 4 rings (SSSR count). The van der Waals surface area contributed by atoms with Gasteiger partial charge in [-0.3, -0.25) is 9.59 Å². The number of nitrogens with one attached hydrogen (secondary N) is 1. The van der Waals surface area contributed by atoms with Crippen molar-refractivity contribution in [2.75, 3.05) is 25.0 Å². The van der Waals surface area contributed by atoms with Gasteiger partial charge in [-0.2, -0.15) is 0 Å². The van der Waals surface area contributed by atoms with Gasteiger partial charge < -0.3 is 15.0 Å². The van der Waals surface area contributed by atoms with Crippen LogP contribution in [-0.4, -0.2) is 36.4 Å². The summed E-state index contributed by atoms with van der Waals surface area (Å²) in [4.78, 5) is 25.5. The lowest BCUT2D eigenvalue weighted by molar-refractivity contribution is -0.118. The van der Waals surface area contributed by atoms with Gasteiger partial charge in [0.25, 0.3) is 11.8 Å². The minimum Gasteiger partial charge on any atom is -0.482 e. The normalized spacial score (nSPS) is 21.4. The number of carbonyl (C=O) groups excluding carboxylic acids is 2. The van der Waals surface area contributed by atoms with Gasteiger partial charge >= 0.3 is 0 Å². The fraction of sp³-hybridized carbons (Fsp3) is 0.300. The van der Waals surface area contributed by atoms with E-state index >= 15 is 4.39 Å². The van der Waals surface area contributed by atoms with Crippen molar-refractivity contribution < 1.29 is 23.1 Å². The first-order chi connectivity index (χ1) is 12.8. The molecule has 140 valence electrons. The Labute approximate surface area is 154 Å². The number of amides is 2. The highest BCUT2D eigenvalue weighted by molar-refractivity contribution is 5.99. The third-order valence-corrected chi connectivity index (χ3v) is 4.93. The molecular weight excluding hydrogens is 354 g/mol. The van der Waals surface area contributed by atoms with E-state index in [0.29, 0.717) is 22.6 Å². The van der Waals surface area contributed by atoms with Crippen LogP contribution >= 0.6 is 0 Å². The second kappa shape index (κ2) is 6.33. The Bertz CT molecular complexity index is 927. The number of alkyl halides is 1. The Morgan fingerprint density at radius 1 is 1.26 bits per heavy atom. The summed E-state index contributed by atoms with van der Waals surface area (Å²) in [5, 5.41) is 2.66. The highest BCUT2D eigenvalue weighted by Gasteiger charge is 2.42. The predicted octanol–water partition coefficient (Wildman–Crippen LogP) is 3.18. The lowest BCUT2D eigenvalue weighted by atomic mass is 9.93. The Balaban J connectivity index is 1.55. The van der Waals surface area contributed by atoms with Crippen molar-refractivity contribution in [3.63, 3.8) is 0 Å². The number of nitrogens with zero attached hydrogens (tertiary/aromatic N) is 1. The van der Waals surface area contributed by atoms with E-state index in [2.05, 4.69) is 5.32 Å². The van der Waals surface area contributed by atoms with Crippen LogP contribution < -0.4 is 10.1 Å². The van der Waals surface area contributed by atoms with E-state index < -0.39 is 11.5 Å². The average Bonchev–Trinajstić information content (AvgIpc) is 3.03. The van der Waals surface area contributed by atoms with Gasteiger partial charge in [-0.1, -0.05) is 6.07 Å². The molecule has 7 heteroatoms. The summed E-state index contributed by atoms with van der Waals surface area (Å²) in [6, 6.07) is 8.86. The van der Waals surface area contributed by atoms with Crippen LogP contribution in [0.4, 0.5) is 14.5 Å². The maximum Gasteiger partial charge on any atom is 0.262 e. The quantitative estimate of drug-likeness (QED) is 0.881. The molecule has 0 saturated carbocycles. The van der Waals surface area contributed by atoms with Gasteiger partial charge in [0, 0.05) is 18.5 Å². The molecule has 1 saturated heterocycles. The summed E-state index contributed by atoms with van der Waals surface area (Å²) in [6.45, 7) is 1.70. The fourth-order valence-electron chi connectivity index (χ4n) is 3.57. The number of halogens is 2. The number of hydrogen-bond donors (Lipinski definition) is 1. The molecule has 1 N–H and O–H groups in total. The van der Waals surface area contributed by atoms with Crippen LogP contribution in [0.5, 0.6) is 5.75 Å². The second-order valence-electron chi connectivity index (χ2n) is 7.01. The molecule has 5 nitrogen and oxygen atoms in total. The summed E-state index contributed by atoms with van der Waals surface area (Å²) in [5.41, 5.74) is -0.0300. The topological polar surface area (TPSA) is 58.6 Å². The number of rotatable bonds is 2. The number of ether oxygens (including phenoxy) is 1. The van der Waals surface area contributed by atoms with Crippen LogP contribution in [0.25, 0.3) is 0 Å². The fourth-order valence-corrected chi connectivity index (χ4v) is 3.57. The van der Waals surface area contributed by atoms with E-state index in [-0.39, 0.29) is 43.5 Å². The Hall–Kier alpha value is -2.96. The van der Waals surface area contributed by atoms with Crippen molar-refractivity contribution in [3.8, 4) is 5.75 Å². The molecule has 0 radical (unpaired) electrons. The van der Waals surface area contributed by atoms with Gasteiger partial charge in [-0.25, -0.2) is 8.78 Å². The smallest absolute Gasteiger partial charge is 0.262 e. The van der Waals surface area contributed by atoms with Gasteiger partial charge in [0.2, 0.25) is 0 Å². The first-order valence-electron chi connectivity index (χ1n) is 8.67. The van der Waals surface area contributed by atoms with Crippen molar-refractivity contribution in [2.45, 2.75) is 19.0 Å². The number of benzene rings is 2. The molecule has 2 aliphatic heterocycles. The van der Waals surface area contributed by atoms with Crippen molar-refractivity contribution >= 4 is 17.5 Å². The molecule has 0 bridgehead atoms. The molecule has 1 unspecified atom stereocenters. The molecule has 2 aliphatic rings. The number of likely N-dealkylation sites (tertiary alicyclic amines) is 1. The van der Waals surface area contributed by atoms with Crippen molar-refractivity contribution in [2.24, 2.45) is 0 Å². The lowest BCUT2D eigenvalue weighted by Gasteiger charge is -2.23. The van der Waals surface area contributed by atoms with Gasteiger partial charge in [0.1, 0.15) is 11.6 Å². The first kappa shape index (κ1) is 17.5. The number of anilines is 1. The van der Waals surface area contributed by atoms with Crippen LogP contribution in [0.15, 0.2) is 36.4 Å². The summed E-state index contributed by atoms with van der Waals surface area (Å²) >= 11 is 0. The molecule has 2 heterocycles. The van der Waals surface area contributed by atoms with E-state index in [1.807, 2.05) is 0 Å². The lowest BCUT2D eigenvalue weighted by Crippen LogP contribution is -2.32. The summed E-state index contributed by atoms with van der Waals surface area (Å²) in [7, 11) is 0. The Morgan fingerprint density at radius 2 is 2.07 bits per heavy atom. The van der Waals surface area contributed by atoms with Crippen LogP contribution in [0.3, 0.4) is 0 Å². The number of aryl methyl sites for hydroxylation is 1. The standard InChI is InChI=1S/C20H18F2N2O3/c1-12-6-14(9-15(21)7-12)20(22)4-5-24(11-20)19(26)13-2-3-16-17(8-13)27-10-18(25)23-16/h2-3,6-9H,4-5,10-11H2,1H3,(H,23,25). The van der Waals surface area contributed by atoms with Gasteiger partial charge in [-0.05, 0) is 48.4 Å². The zero-order chi connectivity index (χ0) is 19.2. The zero-order valence-corrected chi connectivity index (χ0v) is 14.7. The summed E-state index contributed by atoms with van der Waals surface area (Å²) in [6.07, 6.45) is 0.110. The summed E-state index contributed by atoms with van der Waals surface area (Å²) < 4.78 is 34.4. The van der Waals surface area contributed by atoms with Crippen LogP contribution in [0, 0.1) is 12.7 Å². The van der Waals surface area contributed by atoms with Crippen molar-refractivity contribution in [1.82, 2.24) is 4.90 Å². The molecule has 0 spiro atoms. The zero-order valence-electron chi connectivity index (χ0n) is 14.7. The molecule has 27 heavy (non-hydrogen) atoms. The molecule has 0 aromatic heterocycles. The third-order valence-electron chi connectivity index (χ3n) is 4.93. The van der Waals surface area contributed by atoms with E-state index in [1.165, 1.54) is 17.0 Å². The monoisotopic (exact) mass is 372 g/mol. The summed E-state index contributed by atoms with van der Waals surface area (Å²) in [5.74, 6) is -0.660. The van der Waals surface area contributed by atoms with E-state index in [4.69, 9.17) is 4.74 Å². The van der Waals surface area contributed by atoms with E-state index in [0.717, 1.165) is 0 Å².